The molecule has 94 valence electrons. The van der Waals surface area contributed by atoms with Crippen molar-refractivity contribution in [1.82, 2.24) is 0 Å². The van der Waals surface area contributed by atoms with Crippen LogP contribution in [-0.4, -0.2) is 18.7 Å². The first-order chi connectivity index (χ1) is 8.06. The lowest BCUT2D eigenvalue weighted by Crippen LogP contribution is -2.34. The molecule has 0 aliphatic rings. The number of hydrogen-bond donors (Lipinski definition) is 0. The van der Waals surface area contributed by atoms with Crippen molar-refractivity contribution in [3.8, 4) is 5.75 Å². The van der Waals surface area contributed by atoms with Gasteiger partial charge in [-0.3, -0.25) is 0 Å². The summed E-state index contributed by atoms with van der Waals surface area (Å²) >= 11 is 2.18. The van der Waals surface area contributed by atoms with Crippen LogP contribution in [0.5, 0.6) is 5.75 Å². The van der Waals surface area contributed by atoms with Gasteiger partial charge in [0, 0.05) is 5.92 Å². The smallest absolute Gasteiger partial charge is 0.347 e. The van der Waals surface area contributed by atoms with E-state index in [1.54, 1.807) is 6.92 Å². The Morgan fingerprint density at radius 3 is 2.53 bits per heavy atom. The topological polar surface area (TPSA) is 35.5 Å². The Kier molecular flexibility index (Phi) is 5.74. The zero-order valence-electron chi connectivity index (χ0n) is 10.3. The number of benzene rings is 1. The van der Waals surface area contributed by atoms with Gasteiger partial charge in [-0.05, 0) is 41.6 Å². The Bertz CT molecular complexity index is 377. The molecule has 0 aliphatic heterocycles. The Balaban J connectivity index is 2.81. The third kappa shape index (κ3) is 4.18. The molecule has 1 aromatic carbocycles. The summed E-state index contributed by atoms with van der Waals surface area (Å²) in [6, 6.07) is 7.62. The standard InChI is InChI=1S/C13H17IO3/c1-4-16-13(15)12(9(2)3)17-11-8-6-5-7-10(11)14/h5-9,12H,4H2,1-3H3. The molecular formula is C13H17IO3. The zero-order valence-corrected chi connectivity index (χ0v) is 12.4. The lowest BCUT2D eigenvalue weighted by atomic mass is 10.1. The maximum Gasteiger partial charge on any atom is 0.347 e. The lowest BCUT2D eigenvalue weighted by Gasteiger charge is -2.21. The number of hydrogen-bond acceptors (Lipinski definition) is 3. The van der Waals surface area contributed by atoms with Crippen LogP contribution >= 0.6 is 22.6 Å². The van der Waals surface area contributed by atoms with Crippen molar-refractivity contribution < 1.29 is 14.3 Å². The summed E-state index contributed by atoms with van der Waals surface area (Å²) in [5.74, 6) is 0.493. The van der Waals surface area contributed by atoms with Crippen molar-refractivity contribution in [1.29, 1.82) is 0 Å². The fraction of sp³-hybridized carbons (Fsp3) is 0.462. The fourth-order valence-electron chi connectivity index (χ4n) is 1.36. The monoisotopic (exact) mass is 348 g/mol. The molecule has 0 aromatic heterocycles. The number of carbonyl (C=O) groups is 1. The highest BCUT2D eigenvalue weighted by atomic mass is 127. The molecule has 0 fully saturated rings. The molecule has 0 spiro atoms. The molecule has 0 heterocycles. The maximum absolute atomic E-state index is 11.8. The van der Waals surface area contributed by atoms with Gasteiger partial charge in [0.05, 0.1) is 10.2 Å². The minimum Gasteiger partial charge on any atom is -0.477 e. The molecule has 17 heavy (non-hydrogen) atoms. The van der Waals surface area contributed by atoms with Crippen LogP contribution in [0.3, 0.4) is 0 Å². The average Bonchev–Trinajstić information content (AvgIpc) is 2.27. The number of para-hydroxylation sites is 1. The van der Waals surface area contributed by atoms with E-state index in [-0.39, 0.29) is 11.9 Å². The van der Waals surface area contributed by atoms with Crippen molar-refractivity contribution in [2.24, 2.45) is 5.92 Å². The molecule has 4 heteroatoms. The van der Waals surface area contributed by atoms with Crippen LogP contribution in [0, 0.1) is 9.49 Å². The first-order valence-electron chi connectivity index (χ1n) is 5.64. The van der Waals surface area contributed by atoms with E-state index in [1.807, 2.05) is 38.1 Å². The van der Waals surface area contributed by atoms with E-state index in [9.17, 15) is 4.79 Å². The molecule has 1 atom stereocenters. The Hall–Kier alpha value is -0.780. The first kappa shape index (κ1) is 14.3. The summed E-state index contributed by atoms with van der Waals surface area (Å²) in [5, 5.41) is 0. The van der Waals surface area contributed by atoms with Gasteiger partial charge in [-0.1, -0.05) is 26.0 Å². The van der Waals surface area contributed by atoms with Gasteiger partial charge in [-0.25, -0.2) is 4.79 Å². The van der Waals surface area contributed by atoms with E-state index < -0.39 is 6.10 Å². The molecule has 1 aromatic rings. The highest BCUT2D eigenvalue weighted by molar-refractivity contribution is 14.1. The Morgan fingerprint density at radius 1 is 1.35 bits per heavy atom. The number of ether oxygens (including phenoxy) is 2. The number of carbonyl (C=O) groups excluding carboxylic acids is 1. The number of esters is 1. The van der Waals surface area contributed by atoms with Crippen molar-refractivity contribution in [3.05, 3.63) is 27.8 Å². The van der Waals surface area contributed by atoms with Crippen LogP contribution < -0.4 is 4.74 Å². The predicted molar refractivity (Wildman–Crippen MR) is 75.0 cm³/mol. The van der Waals surface area contributed by atoms with Crippen molar-refractivity contribution in [3.63, 3.8) is 0 Å². The Labute approximate surface area is 116 Å². The average molecular weight is 348 g/mol. The minimum atomic E-state index is -0.550. The van der Waals surface area contributed by atoms with Gasteiger partial charge < -0.3 is 9.47 Å². The third-order valence-corrected chi connectivity index (χ3v) is 3.11. The molecule has 3 nitrogen and oxygen atoms in total. The highest BCUT2D eigenvalue weighted by Crippen LogP contribution is 2.23. The zero-order chi connectivity index (χ0) is 12.8. The predicted octanol–water partition coefficient (Wildman–Crippen LogP) is 3.26. The van der Waals surface area contributed by atoms with Gasteiger partial charge in [0.25, 0.3) is 0 Å². The van der Waals surface area contributed by atoms with Gasteiger partial charge in [0.2, 0.25) is 0 Å². The van der Waals surface area contributed by atoms with Crippen molar-refractivity contribution in [2.75, 3.05) is 6.61 Å². The van der Waals surface area contributed by atoms with Gasteiger partial charge in [-0.15, -0.1) is 0 Å². The summed E-state index contributed by atoms with van der Waals surface area (Å²) in [5.41, 5.74) is 0. The molecule has 1 rings (SSSR count). The van der Waals surface area contributed by atoms with Crippen molar-refractivity contribution >= 4 is 28.6 Å². The second kappa shape index (κ2) is 6.83. The molecule has 0 N–H and O–H groups in total. The van der Waals surface area contributed by atoms with Crippen LogP contribution in [0.1, 0.15) is 20.8 Å². The number of rotatable bonds is 5. The summed E-state index contributed by atoms with van der Waals surface area (Å²) < 4.78 is 11.7. The quantitative estimate of drug-likeness (QED) is 0.605. The van der Waals surface area contributed by atoms with Crippen LogP contribution in [-0.2, 0) is 9.53 Å². The molecule has 0 saturated heterocycles. The number of halogens is 1. The normalized spacial score (nSPS) is 12.3. The van der Waals surface area contributed by atoms with Crippen LogP contribution in [0.4, 0.5) is 0 Å². The largest absolute Gasteiger partial charge is 0.477 e. The SMILES string of the molecule is CCOC(=O)C(Oc1ccccc1I)C(C)C. The van der Waals surface area contributed by atoms with E-state index in [4.69, 9.17) is 9.47 Å². The third-order valence-electron chi connectivity index (χ3n) is 2.21. The van der Waals surface area contributed by atoms with Gasteiger partial charge in [0.1, 0.15) is 5.75 Å². The van der Waals surface area contributed by atoms with Crippen LogP contribution in [0.2, 0.25) is 0 Å². The summed E-state index contributed by atoms with van der Waals surface area (Å²) in [6.45, 7) is 6.05. The van der Waals surface area contributed by atoms with E-state index in [2.05, 4.69) is 22.6 Å². The summed E-state index contributed by atoms with van der Waals surface area (Å²) in [7, 11) is 0. The molecule has 0 saturated carbocycles. The summed E-state index contributed by atoms with van der Waals surface area (Å²) in [6.07, 6.45) is -0.550. The molecule has 0 radical (unpaired) electrons. The summed E-state index contributed by atoms with van der Waals surface area (Å²) in [4.78, 5) is 11.8. The molecule has 1 unspecified atom stereocenters. The maximum atomic E-state index is 11.8. The van der Waals surface area contributed by atoms with Gasteiger partial charge >= 0.3 is 5.97 Å². The molecule has 0 aliphatic carbocycles. The Morgan fingerprint density at radius 2 is 2.00 bits per heavy atom. The minimum absolute atomic E-state index is 0.0741. The molecular weight excluding hydrogens is 331 g/mol. The van der Waals surface area contributed by atoms with E-state index in [0.717, 1.165) is 9.32 Å². The van der Waals surface area contributed by atoms with E-state index >= 15 is 0 Å². The van der Waals surface area contributed by atoms with E-state index in [1.165, 1.54) is 0 Å². The van der Waals surface area contributed by atoms with Gasteiger partial charge in [0.15, 0.2) is 6.10 Å². The van der Waals surface area contributed by atoms with Crippen LogP contribution in [0.15, 0.2) is 24.3 Å². The second-order valence-corrected chi connectivity index (χ2v) is 5.13. The lowest BCUT2D eigenvalue weighted by molar-refractivity contribution is -0.153. The highest BCUT2D eigenvalue weighted by Gasteiger charge is 2.26. The molecule has 0 bridgehead atoms. The molecule has 0 amide bonds. The van der Waals surface area contributed by atoms with Crippen molar-refractivity contribution in [2.45, 2.75) is 26.9 Å². The fourth-order valence-corrected chi connectivity index (χ4v) is 1.87. The first-order valence-corrected chi connectivity index (χ1v) is 6.72. The van der Waals surface area contributed by atoms with Gasteiger partial charge in [-0.2, -0.15) is 0 Å². The second-order valence-electron chi connectivity index (χ2n) is 3.96. The van der Waals surface area contributed by atoms with E-state index in [0.29, 0.717) is 6.61 Å². The van der Waals surface area contributed by atoms with Crippen LogP contribution in [0.25, 0.3) is 0 Å².